The summed E-state index contributed by atoms with van der Waals surface area (Å²) in [5.74, 6) is -7.23. The molecule has 11 N–H and O–H groups in total. The van der Waals surface area contributed by atoms with Gasteiger partial charge in [-0.3, -0.25) is 43.2 Å². The number of rotatable bonds is 8. The predicted molar refractivity (Wildman–Crippen MR) is 217 cm³/mol. The summed E-state index contributed by atoms with van der Waals surface area (Å²) in [5, 5.41) is 28.8. The minimum absolute atomic E-state index is 0.0347. The fourth-order valence-electron chi connectivity index (χ4n) is 7.10. The number of hydrogen-bond acceptors (Lipinski definition) is 12. The monoisotopic (exact) mass is 858 g/mol. The number of benzene rings is 1. The van der Waals surface area contributed by atoms with Crippen molar-refractivity contribution in [2.24, 2.45) is 11.7 Å². The van der Waals surface area contributed by atoms with Crippen LogP contribution in [-0.4, -0.2) is 143 Å². The molecule has 1 aromatic heterocycles. The Kier molecular flexibility index (Phi) is 16.4. The lowest BCUT2D eigenvalue weighted by Crippen LogP contribution is -2.59. The van der Waals surface area contributed by atoms with Crippen LogP contribution in [0.2, 0.25) is 0 Å². The molecule has 0 aliphatic carbocycles. The molecular formula is C37H50N10O10S2. The number of aliphatic carboxylic acids is 1. The van der Waals surface area contributed by atoms with E-state index < -0.39 is 90.5 Å². The second kappa shape index (κ2) is 21.6. The molecular weight excluding hydrogens is 809 g/mol. The Labute approximate surface area is 347 Å². The summed E-state index contributed by atoms with van der Waals surface area (Å²) < 4.78 is 0. The molecule has 0 saturated carbocycles. The van der Waals surface area contributed by atoms with E-state index in [2.05, 4.69) is 42.2 Å². The van der Waals surface area contributed by atoms with Crippen molar-refractivity contribution in [1.82, 2.24) is 47.1 Å². The molecule has 3 aliphatic rings. The van der Waals surface area contributed by atoms with Gasteiger partial charge in [-0.05, 0) is 50.4 Å². The Hall–Kier alpha value is -5.35. The number of hydrogen-bond donors (Lipinski definition) is 10. The van der Waals surface area contributed by atoms with Gasteiger partial charge < -0.3 is 57.9 Å². The number of para-hydroxylation sites is 1. The van der Waals surface area contributed by atoms with Gasteiger partial charge in [-0.15, -0.1) is 0 Å². The number of carbonyl (C=O) groups excluding carboxylic acids is 8. The van der Waals surface area contributed by atoms with Crippen molar-refractivity contribution in [2.45, 2.75) is 75.2 Å². The van der Waals surface area contributed by atoms with Gasteiger partial charge in [-0.25, -0.2) is 0 Å². The van der Waals surface area contributed by atoms with Gasteiger partial charge in [0.05, 0.1) is 13.0 Å². The number of carbonyl (C=O) groups is 9. The molecule has 320 valence electrons. The number of aromatic nitrogens is 1. The van der Waals surface area contributed by atoms with E-state index in [1.807, 2.05) is 18.2 Å². The molecule has 22 heteroatoms. The lowest BCUT2D eigenvalue weighted by Gasteiger charge is -2.30. The first-order chi connectivity index (χ1) is 28.3. The number of amides is 8. The summed E-state index contributed by atoms with van der Waals surface area (Å²) in [7, 11) is 2.40. The van der Waals surface area contributed by atoms with Crippen LogP contribution in [0.3, 0.4) is 0 Å². The number of nitrogens with two attached hydrogens (primary N) is 1. The zero-order chi connectivity index (χ0) is 42.5. The van der Waals surface area contributed by atoms with Crippen LogP contribution in [0.1, 0.15) is 44.1 Å². The summed E-state index contributed by atoms with van der Waals surface area (Å²) in [5.41, 5.74) is 7.03. The van der Waals surface area contributed by atoms with Crippen molar-refractivity contribution in [1.29, 1.82) is 0 Å². The molecule has 2 aromatic rings. The van der Waals surface area contributed by atoms with Crippen molar-refractivity contribution in [3.63, 3.8) is 0 Å². The number of nitrogens with one attached hydrogen (secondary N) is 8. The number of H-pyrrole nitrogens is 1. The van der Waals surface area contributed by atoms with Crippen LogP contribution in [0, 0.1) is 5.92 Å². The lowest BCUT2D eigenvalue weighted by atomic mass is 9.97. The van der Waals surface area contributed by atoms with Gasteiger partial charge in [0.2, 0.25) is 47.3 Å². The van der Waals surface area contributed by atoms with E-state index in [0.29, 0.717) is 37.9 Å². The molecule has 20 nitrogen and oxygen atoms in total. The average molecular weight is 859 g/mol. The summed E-state index contributed by atoms with van der Waals surface area (Å²) in [6.07, 6.45) is 2.48. The zero-order valence-corrected chi connectivity index (χ0v) is 33.8. The quantitative estimate of drug-likeness (QED) is 0.124. The van der Waals surface area contributed by atoms with Gasteiger partial charge in [0.15, 0.2) is 0 Å². The summed E-state index contributed by atoms with van der Waals surface area (Å²) in [4.78, 5) is 123. The van der Waals surface area contributed by atoms with Crippen molar-refractivity contribution in [2.75, 3.05) is 44.2 Å². The second-order valence-electron chi connectivity index (χ2n) is 14.5. The molecule has 3 saturated heterocycles. The fraction of sp³-hybridized carbons (Fsp3) is 0.541. The Morgan fingerprint density at radius 3 is 2.36 bits per heavy atom. The number of fused-ring (bicyclic) bond motifs is 2. The topological polar surface area (TPSA) is 303 Å². The van der Waals surface area contributed by atoms with Crippen molar-refractivity contribution in [3.8, 4) is 0 Å². The molecule has 59 heavy (non-hydrogen) atoms. The molecule has 0 bridgehead atoms. The second-order valence-corrected chi connectivity index (χ2v) is 17.1. The maximum absolute atomic E-state index is 14.4. The van der Waals surface area contributed by atoms with Crippen molar-refractivity contribution < 1.29 is 48.3 Å². The highest BCUT2D eigenvalue weighted by atomic mass is 33.1. The molecule has 5 atom stereocenters. The third-order valence-corrected chi connectivity index (χ3v) is 12.7. The van der Waals surface area contributed by atoms with E-state index in [1.54, 1.807) is 12.3 Å². The van der Waals surface area contributed by atoms with Crippen LogP contribution in [0.15, 0.2) is 30.5 Å². The third kappa shape index (κ3) is 12.8. The molecule has 0 radical (unpaired) electrons. The van der Waals surface area contributed by atoms with E-state index in [1.165, 1.54) is 26.5 Å². The van der Waals surface area contributed by atoms with Crippen LogP contribution in [0.5, 0.6) is 0 Å². The van der Waals surface area contributed by atoms with E-state index in [-0.39, 0.29) is 55.7 Å². The van der Waals surface area contributed by atoms with Crippen molar-refractivity contribution in [3.05, 3.63) is 36.0 Å². The van der Waals surface area contributed by atoms with E-state index in [0.717, 1.165) is 10.9 Å². The van der Waals surface area contributed by atoms with Crippen LogP contribution in [-0.2, 0) is 49.6 Å². The highest BCUT2D eigenvalue weighted by Gasteiger charge is 2.40. The Balaban J connectivity index is 1.39. The predicted octanol–water partition coefficient (Wildman–Crippen LogP) is -2.38. The molecule has 1 aromatic carbocycles. The average Bonchev–Trinajstić information content (AvgIpc) is 3.87. The standard InChI is InChI=1S/C37H50N10O10S2/c38-32(52)27-19-59-58-13-9-29(48)44-26(17-41-33(53)20-7-10-39-11-8-20)34(54)42-18-30(49)43-24(15-31(50)51)35(55)45-25(14-21-16-40-23-5-2-1-4-22(21)23)37(57)47-12-3-6-28(47)36(56)46-27/h1-2,4-5,16,20,24-28,39-40H,3,6-15,17-19H2,(H2,38,52)(H,41,53)(H,42,54)(H,43,49)(H,44,48)(H,45,55)(H,46,56)(H,50,51)/t24-,25-,26-,27?,28-/m0/s1. The largest absolute Gasteiger partial charge is 0.481 e. The van der Waals surface area contributed by atoms with Crippen LogP contribution in [0.25, 0.3) is 10.9 Å². The van der Waals surface area contributed by atoms with Gasteiger partial charge in [0.25, 0.3) is 0 Å². The Morgan fingerprint density at radius 1 is 0.864 bits per heavy atom. The van der Waals surface area contributed by atoms with E-state index in [4.69, 9.17) is 5.73 Å². The molecule has 3 aliphatic heterocycles. The molecule has 0 spiro atoms. The van der Waals surface area contributed by atoms with Gasteiger partial charge in [-0.1, -0.05) is 39.8 Å². The molecule has 8 amide bonds. The lowest BCUT2D eigenvalue weighted by molar-refractivity contribution is -0.143. The molecule has 5 rings (SSSR count). The van der Waals surface area contributed by atoms with E-state index >= 15 is 0 Å². The van der Waals surface area contributed by atoms with Crippen LogP contribution < -0.4 is 43.0 Å². The number of piperidine rings is 1. The SMILES string of the molecule is NC(=O)C1CSSCCC(=O)N[C@@H](CNC(=O)C2CCNCC2)C(=O)NCC(=O)N[C@@H](CC(=O)O)C(=O)N[C@@H](Cc2c[nH]c3ccccc23)C(=O)N2CCC[C@H]2C(=O)N1. The minimum Gasteiger partial charge on any atom is -0.481 e. The van der Waals surface area contributed by atoms with Gasteiger partial charge >= 0.3 is 5.97 Å². The number of aromatic amines is 1. The first-order valence-electron chi connectivity index (χ1n) is 19.4. The number of carboxylic acids is 1. The number of nitrogens with zero attached hydrogens (tertiary/aromatic N) is 1. The first kappa shape index (κ1) is 44.7. The molecule has 1 unspecified atom stereocenters. The number of primary amides is 1. The molecule has 4 heterocycles. The summed E-state index contributed by atoms with van der Waals surface area (Å²) >= 11 is 0. The maximum Gasteiger partial charge on any atom is 0.305 e. The zero-order valence-electron chi connectivity index (χ0n) is 32.2. The van der Waals surface area contributed by atoms with Gasteiger partial charge in [0.1, 0.15) is 30.2 Å². The Morgan fingerprint density at radius 2 is 1.61 bits per heavy atom. The van der Waals surface area contributed by atoms with E-state index in [9.17, 15) is 48.3 Å². The minimum atomic E-state index is -1.71. The fourth-order valence-corrected chi connectivity index (χ4v) is 9.26. The highest BCUT2D eigenvalue weighted by Crippen LogP contribution is 2.25. The summed E-state index contributed by atoms with van der Waals surface area (Å²) in [6, 6.07) is 0.744. The smallest absolute Gasteiger partial charge is 0.305 e. The Bertz CT molecular complexity index is 1910. The number of carboxylic acid groups (broad SMARTS) is 1. The highest BCUT2D eigenvalue weighted by molar-refractivity contribution is 8.76. The normalized spacial score (nSPS) is 25.2. The van der Waals surface area contributed by atoms with Gasteiger partial charge in [-0.2, -0.15) is 0 Å². The van der Waals surface area contributed by atoms with Crippen LogP contribution >= 0.6 is 21.6 Å². The van der Waals surface area contributed by atoms with Gasteiger partial charge in [0, 0.05) is 60.5 Å². The van der Waals surface area contributed by atoms with Crippen molar-refractivity contribution >= 4 is 85.7 Å². The maximum atomic E-state index is 14.4. The summed E-state index contributed by atoms with van der Waals surface area (Å²) in [6.45, 7) is 0.418. The first-order valence-corrected chi connectivity index (χ1v) is 21.9. The third-order valence-electron chi connectivity index (χ3n) is 10.2. The van der Waals surface area contributed by atoms with Crippen LogP contribution in [0.4, 0.5) is 0 Å². The molecule has 3 fully saturated rings.